The van der Waals surface area contributed by atoms with Crippen LogP contribution in [-0.2, 0) is 24.1 Å². The summed E-state index contributed by atoms with van der Waals surface area (Å²) in [7, 11) is 0. The maximum Gasteiger partial charge on any atom is 0.416 e. The number of imidazole rings is 1. The quantitative estimate of drug-likeness (QED) is 0.653. The van der Waals surface area contributed by atoms with Crippen molar-refractivity contribution in [2.45, 2.75) is 33.1 Å². The molecule has 158 valence electrons. The van der Waals surface area contributed by atoms with Crippen LogP contribution in [0.2, 0.25) is 0 Å². The van der Waals surface area contributed by atoms with Crippen molar-refractivity contribution in [2.24, 2.45) is 0 Å². The molecule has 1 aromatic heterocycles. The van der Waals surface area contributed by atoms with E-state index in [4.69, 9.17) is 0 Å². The molecular formula is C21H20F3N3O3. The molecule has 6 nitrogen and oxygen atoms in total. The first-order chi connectivity index (χ1) is 14.1. The van der Waals surface area contributed by atoms with Crippen molar-refractivity contribution in [3.63, 3.8) is 0 Å². The van der Waals surface area contributed by atoms with Crippen LogP contribution in [0.4, 0.5) is 13.2 Å². The first-order valence-corrected chi connectivity index (χ1v) is 9.24. The number of carbonyl (C=O) groups excluding carboxylic acids is 1. The number of aromatic nitrogens is 2. The van der Waals surface area contributed by atoms with Gasteiger partial charge in [0.05, 0.1) is 16.6 Å². The van der Waals surface area contributed by atoms with Gasteiger partial charge in [0.25, 0.3) is 5.91 Å². The second kappa shape index (κ2) is 8.17. The second-order valence-corrected chi connectivity index (χ2v) is 6.86. The van der Waals surface area contributed by atoms with Crippen LogP contribution in [0.1, 0.15) is 34.2 Å². The normalized spacial score (nSPS) is 11.6. The van der Waals surface area contributed by atoms with Gasteiger partial charge in [-0.25, -0.2) is 4.98 Å². The molecule has 1 heterocycles. The Hall–Kier alpha value is -3.36. The molecule has 0 saturated carbocycles. The molecule has 0 aliphatic heterocycles. The lowest BCUT2D eigenvalue weighted by Crippen LogP contribution is -2.35. The van der Waals surface area contributed by atoms with Gasteiger partial charge in [-0.2, -0.15) is 13.2 Å². The third-order valence-electron chi connectivity index (χ3n) is 4.74. The minimum Gasteiger partial charge on any atom is -0.480 e. The van der Waals surface area contributed by atoms with Crippen LogP contribution in [-0.4, -0.2) is 38.0 Å². The van der Waals surface area contributed by atoms with Gasteiger partial charge in [0.2, 0.25) is 0 Å². The van der Waals surface area contributed by atoms with Gasteiger partial charge in [-0.05, 0) is 49.7 Å². The summed E-state index contributed by atoms with van der Waals surface area (Å²) in [6.07, 6.45) is -4.53. The minimum atomic E-state index is -4.53. The standard InChI is InChI=1S/C21H20F3N3O3/c1-3-27-13(2)25-17-10-15(7-8-18(17)27)20(30)26(12-19(28)29)11-14-5-4-6-16(9-14)21(22,23)24/h4-10H,3,11-12H2,1-2H3,(H,28,29). The highest BCUT2D eigenvalue weighted by Gasteiger charge is 2.30. The van der Waals surface area contributed by atoms with Crippen molar-refractivity contribution < 1.29 is 27.9 Å². The third kappa shape index (κ3) is 4.45. The average molecular weight is 419 g/mol. The maximum atomic E-state index is 13.0. The Bertz CT molecular complexity index is 1110. The number of aliphatic carboxylic acids is 1. The number of benzene rings is 2. The molecule has 0 fully saturated rings. The van der Waals surface area contributed by atoms with Gasteiger partial charge in [-0.15, -0.1) is 0 Å². The molecule has 2 aromatic carbocycles. The summed E-state index contributed by atoms with van der Waals surface area (Å²) < 4.78 is 40.9. The summed E-state index contributed by atoms with van der Waals surface area (Å²) in [5.74, 6) is -1.08. The van der Waals surface area contributed by atoms with Crippen molar-refractivity contribution in [1.29, 1.82) is 0 Å². The summed E-state index contributed by atoms with van der Waals surface area (Å²) in [4.78, 5) is 29.7. The average Bonchev–Trinajstić information content (AvgIpc) is 3.00. The number of nitrogens with zero attached hydrogens (tertiary/aromatic N) is 3. The molecule has 0 aliphatic rings. The van der Waals surface area contributed by atoms with E-state index < -0.39 is 30.2 Å². The van der Waals surface area contributed by atoms with Gasteiger partial charge in [-0.1, -0.05) is 12.1 Å². The maximum absolute atomic E-state index is 13.0. The van der Waals surface area contributed by atoms with Crippen molar-refractivity contribution >= 4 is 22.9 Å². The fraction of sp³-hybridized carbons (Fsp3) is 0.286. The summed E-state index contributed by atoms with van der Waals surface area (Å²) >= 11 is 0. The predicted molar refractivity (Wildman–Crippen MR) is 104 cm³/mol. The minimum absolute atomic E-state index is 0.187. The number of amides is 1. The highest BCUT2D eigenvalue weighted by Crippen LogP contribution is 2.30. The Labute approximate surface area is 170 Å². The summed E-state index contributed by atoms with van der Waals surface area (Å²) in [6, 6.07) is 9.36. The van der Waals surface area contributed by atoms with E-state index >= 15 is 0 Å². The lowest BCUT2D eigenvalue weighted by Gasteiger charge is -2.21. The van der Waals surface area contributed by atoms with E-state index in [1.54, 1.807) is 18.2 Å². The van der Waals surface area contributed by atoms with E-state index in [9.17, 15) is 27.9 Å². The van der Waals surface area contributed by atoms with Gasteiger partial charge in [0.1, 0.15) is 12.4 Å². The Kier molecular flexibility index (Phi) is 5.82. The van der Waals surface area contributed by atoms with Gasteiger partial charge < -0.3 is 14.6 Å². The molecule has 0 atom stereocenters. The van der Waals surface area contributed by atoms with Crippen molar-refractivity contribution in [3.8, 4) is 0 Å². The number of carboxylic acid groups (broad SMARTS) is 1. The smallest absolute Gasteiger partial charge is 0.416 e. The van der Waals surface area contributed by atoms with Crippen LogP contribution in [0.25, 0.3) is 11.0 Å². The van der Waals surface area contributed by atoms with Crippen LogP contribution >= 0.6 is 0 Å². The molecule has 1 N–H and O–H groups in total. The Morgan fingerprint density at radius 2 is 1.90 bits per heavy atom. The first-order valence-electron chi connectivity index (χ1n) is 9.24. The predicted octanol–water partition coefficient (Wildman–Crippen LogP) is 4.11. The molecule has 0 spiro atoms. The number of carboxylic acids is 1. The molecule has 0 bridgehead atoms. The number of aryl methyl sites for hydroxylation is 2. The first kappa shape index (κ1) is 21.4. The molecule has 0 saturated heterocycles. The van der Waals surface area contributed by atoms with Gasteiger partial charge >= 0.3 is 12.1 Å². The summed E-state index contributed by atoms with van der Waals surface area (Å²) in [5.41, 5.74) is 0.983. The Balaban J connectivity index is 1.93. The van der Waals surface area contributed by atoms with E-state index in [2.05, 4.69) is 4.98 Å². The van der Waals surface area contributed by atoms with Gasteiger partial charge in [-0.3, -0.25) is 9.59 Å². The number of halogens is 3. The van der Waals surface area contributed by atoms with Crippen LogP contribution in [0.5, 0.6) is 0 Å². The molecule has 30 heavy (non-hydrogen) atoms. The Morgan fingerprint density at radius 1 is 1.17 bits per heavy atom. The zero-order chi connectivity index (χ0) is 22.1. The van der Waals surface area contributed by atoms with E-state index in [0.717, 1.165) is 28.4 Å². The van der Waals surface area contributed by atoms with E-state index in [1.165, 1.54) is 12.1 Å². The Morgan fingerprint density at radius 3 is 2.53 bits per heavy atom. The third-order valence-corrected chi connectivity index (χ3v) is 4.74. The number of hydrogen-bond donors (Lipinski definition) is 1. The summed E-state index contributed by atoms with van der Waals surface area (Å²) in [5, 5.41) is 9.20. The fourth-order valence-corrected chi connectivity index (χ4v) is 3.39. The monoisotopic (exact) mass is 419 g/mol. The molecule has 3 rings (SSSR count). The van der Waals surface area contributed by atoms with Crippen LogP contribution in [0.3, 0.4) is 0 Å². The van der Waals surface area contributed by atoms with E-state index in [1.807, 2.05) is 18.4 Å². The SMILES string of the molecule is CCn1c(C)nc2cc(C(=O)N(CC(=O)O)Cc3cccc(C(F)(F)F)c3)ccc21. The number of alkyl halides is 3. The van der Waals surface area contributed by atoms with Gasteiger partial charge in [0.15, 0.2) is 0 Å². The van der Waals surface area contributed by atoms with Crippen LogP contribution in [0.15, 0.2) is 42.5 Å². The summed E-state index contributed by atoms with van der Waals surface area (Å²) in [6.45, 7) is 3.60. The number of rotatable bonds is 6. The van der Waals surface area contributed by atoms with Crippen molar-refractivity contribution in [1.82, 2.24) is 14.5 Å². The molecule has 0 aliphatic carbocycles. The molecule has 0 unspecified atom stereocenters. The second-order valence-electron chi connectivity index (χ2n) is 6.86. The van der Waals surface area contributed by atoms with Crippen LogP contribution < -0.4 is 0 Å². The molecular weight excluding hydrogens is 399 g/mol. The number of carbonyl (C=O) groups is 2. The van der Waals surface area contributed by atoms with Crippen molar-refractivity contribution in [2.75, 3.05) is 6.54 Å². The van der Waals surface area contributed by atoms with E-state index in [0.29, 0.717) is 12.1 Å². The fourth-order valence-electron chi connectivity index (χ4n) is 3.39. The zero-order valence-electron chi connectivity index (χ0n) is 16.4. The number of fused-ring (bicyclic) bond motifs is 1. The molecule has 9 heteroatoms. The number of hydrogen-bond acceptors (Lipinski definition) is 3. The molecule has 0 radical (unpaired) electrons. The van der Waals surface area contributed by atoms with E-state index in [-0.39, 0.29) is 17.7 Å². The highest BCUT2D eigenvalue weighted by atomic mass is 19.4. The molecule has 3 aromatic rings. The largest absolute Gasteiger partial charge is 0.480 e. The topological polar surface area (TPSA) is 75.4 Å². The highest BCUT2D eigenvalue weighted by molar-refractivity contribution is 5.98. The van der Waals surface area contributed by atoms with Crippen molar-refractivity contribution in [3.05, 3.63) is 65.0 Å². The lowest BCUT2D eigenvalue weighted by atomic mass is 10.1. The van der Waals surface area contributed by atoms with Crippen LogP contribution in [0, 0.1) is 6.92 Å². The zero-order valence-corrected chi connectivity index (χ0v) is 16.4. The van der Waals surface area contributed by atoms with Gasteiger partial charge in [0, 0.05) is 18.7 Å². The molecule has 1 amide bonds. The lowest BCUT2D eigenvalue weighted by molar-refractivity contribution is -0.139.